The number of hydrogen-bond donors (Lipinski definition) is 3. The lowest BCUT2D eigenvalue weighted by Gasteiger charge is -2.12. The zero-order chi connectivity index (χ0) is 19.2. The van der Waals surface area contributed by atoms with E-state index in [1.165, 1.54) is 24.3 Å². The highest BCUT2D eigenvalue weighted by Crippen LogP contribution is 2.28. The van der Waals surface area contributed by atoms with Gasteiger partial charge in [0, 0.05) is 31.5 Å². The molecule has 1 heterocycles. The Morgan fingerprint density at radius 2 is 1.44 bits per heavy atom. The fraction of sp³-hybridized carbons (Fsp3) is 0.286. The first-order valence-corrected chi connectivity index (χ1v) is 9.82. The molecule has 0 aliphatic carbocycles. The Hall–Kier alpha value is -2.08. The van der Waals surface area contributed by atoms with Crippen LogP contribution < -0.4 is 0 Å². The average molecular weight is 389 g/mol. The molecule has 0 saturated heterocycles. The fourth-order valence-corrected chi connectivity index (χ4v) is 3.43. The minimum Gasteiger partial charge on any atom is -0.290 e. The molecular weight excluding hydrogens is 372 g/mol. The van der Waals surface area contributed by atoms with Gasteiger partial charge in [-0.3, -0.25) is 14.3 Å². The van der Waals surface area contributed by atoms with E-state index < -0.39 is 35.8 Å². The largest absolute Gasteiger partial charge is 0.313 e. The number of benzene rings is 1. The fourth-order valence-electron chi connectivity index (χ4n) is 2.07. The van der Waals surface area contributed by atoms with Gasteiger partial charge < -0.3 is 0 Å². The molecule has 25 heavy (non-hydrogen) atoms. The first kappa shape index (κ1) is 19.2. The standard InChI is InChI=1S/C14H16N2O7S2/c1-14(2,3)16(17)8-11-9-6-4-5-7-10(9)12(24(18,19)20)15-13(11)25(21,22)23/h4-8H,1-3H3,(H2-,17,18,19,20,21,22,23)/p+1. The van der Waals surface area contributed by atoms with Crippen LogP contribution in [0.15, 0.2) is 34.3 Å². The quantitative estimate of drug-likeness (QED) is 0.234. The molecule has 0 saturated carbocycles. The van der Waals surface area contributed by atoms with Crippen LogP contribution in [0.2, 0.25) is 0 Å². The summed E-state index contributed by atoms with van der Waals surface area (Å²) >= 11 is 0. The minimum absolute atomic E-state index is 0.0565. The maximum atomic E-state index is 11.7. The molecule has 1 aromatic heterocycles. The van der Waals surface area contributed by atoms with Crippen LogP contribution in [0.25, 0.3) is 10.8 Å². The van der Waals surface area contributed by atoms with Gasteiger partial charge in [-0.05, 0) is 4.74 Å². The summed E-state index contributed by atoms with van der Waals surface area (Å²) in [4.78, 5) is 3.43. The van der Waals surface area contributed by atoms with Crippen molar-refractivity contribution in [2.24, 2.45) is 0 Å². The maximum Gasteiger partial charge on any atom is 0.313 e. The van der Waals surface area contributed by atoms with Crippen LogP contribution in [0.1, 0.15) is 26.3 Å². The Morgan fingerprint density at radius 3 is 1.88 bits per heavy atom. The number of hydroxylamine groups is 1. The van der Waals surface area contributed by atoms with Gasteiger partial charge in [-0.2, -0.15) is 16.8 Å². The predicted molar refractivity (Wildman–Crippen MR) is 88.3 cm³/mol. The van der Waals surface area contributed by atoms with E-state index in [-0.39, 0.29) is 16.3 Å². The summed E-state index contributed by atoms with van der Waals surface area (Å²) in [5.41, 5.74) is -1.04. The summed E-state index contributed by atoms with van der Waals surface area (Å²) in [6, 6.07) is 5.66. The van der Waals surface area contributed by atoms with Gasteiger partial charge in [-0.25, -0.2) is 4.98 Å². The minimum atomic E-state index is -4.95. The molecule has 2 rings (SSSR count). The third-order valence-corrected chi connectivity index (χ3v) is 4.91. The van der Waals surface area contributed by atoms with Gasteiger partial charge >= 0.3 is 20.2 Å². The molecule has 0 unspecified atom stereocenters. The van der Waals surface area contributed by atoms with Crippen LogP contribution >= 0.6 is 0 Å². The van der Waals surface area contributed by atoms with Crippen molar-refractivity contribution in [3.63, 3.8) is 0 Å². The molecule has 0 aliphatic rings. The molecule has 0 fully saturated rings. The lowest BCUT2D eigenvalue weighted by molar-refractivity contribution is -0.816. The summed E-state index contributed by atoms with van der Waals surface area (Å²) in [6.07, 6.45) is 1.02. The van der Waals surface area contributed by atoms with Crippen LogP contribution in [-0.2, 0) is 20.2 Å². The highest BCUT2D eigenvalue weighted by atomic mass is 32.2. The van der Waals surface area contributed by atoms with Gasteiger partial charge in [0.25, 0.3) is 0 Å². The Kier molecular flexibility index (Phi) is 4.63. The molecule has 2 aromatic rings. The normalized spacial score (nSPS) is 14.0. The Bertz CT molecular complexity index is 1080. The molecule has 3 N–H and O–H groups in total. The molecular formula is C14H17N2O7S2+. The Morgan fingerprint density at radius 1 is 0.960 bits per heavy atom. The van der Waals surface area contributed by atoms with E-state index in [4.69, 9.17) is 0 Å². The summed E-state index contributed by atoms with van der Waals surface area (Å²) in [6.45, 7) is 4.91. The summed E-state index contributed by atoms with van der Waals surface area (Å²) in [5.74, 6) is 0. The van der Waals surface area contributed by atoms with Gasteiger partial charge in [-0.1, -0.05) is 24.3 Å². The summed E-state index contributed by atoms with van der Waals surface area (Å²) < 4.78 is 66.0. The van der Waals surface area contributed by atoms with Crippen molar-refractivity contribution in [3.05, 3.63) is 29.8 Å². The summed E-state index contributed by atoms with van der Waals surface area (Å²) in [7, 11) is -9.82. The predicted octanol–water partition coefficient (Wildman–Crippen LogP) is 1.35. The molecule has 136 valence electrons. The van der Waals surface area contributed by atoms with Crippen LogP contribution in [0.5, 0.6) is 0 Å². The van der Waals surface area contributed by atoms with Gasteiger partial charge in [0.2, 0.25) is 11.8 Å². The lowest BCUT2D eigenvalue weighted by Crippen LogP contribution is -2.31. The monoisotopic (exact) mass is 389 g/mol. The molecule has 0 amide bonds. The first-order chi connectivity index (χ1) is 11.2. The van der Waals surface area contributed by atoms with Gasteiger partial charge in [-0.15, -0.1) is 0 Å². The van der Waals surface area contributed by atoms with E-state index >= 15 is 0 Å². The number of aromatic nitrogens is 1. The van der Waals surface area contributed by atoms with Crippen molar-refractivity contribution in [1.82, 2.24) is 4.98 Å². The van der Waals surface area contributed by atoms with Crippen molar-refractivity contribution in [2.45, 2.75) is 36.4 Å². The van der Waals surface area contributed by atoms with E-state index in [1.807, 2.05) is 0 Å². The van der Waals surface area contributed by atoms with Gasteiger partial charge in [0.15, 0.2) is 10.1 Å². The Balaban J connectivity index is 3.09. The zero-order valence-corrected chi connectivity index (χ0v) is 15.2. The maximum absolute atomic E-state index is 11.7. The van der Waals surface area contributed by atoms with Crippen LogP contribution in [0.4, 0.5) is 0 Å². The number of rotatable bonds is 3. The second kappa shape index (κ2) is 6.02. The van der Waals surface area contributed by atoms with Crippen LogP contribution in [-0.4, -0.2) is 52.6 Å². The second-order valence-corrected chi connectivity index (χ2v) is 8.95. The molecule has 11 heteroatoms. The van der Waals surface area contributed by atoms with Gasteiger partial charge in [0.05, 0.1) is 5.56 Å². The van der Waals surface area contributed by atoms with E-state index in [1.54, 1.807) is 20.8 Å². The number of pyridine rings is 1. The van der Waals surface area contributed by atoms with E-state index in [2.05, 4.69) is 4.98 Å². The molecule has 0 atom stereocenters. The first-order valence-electron chi connectivity index (χ1n) is 6.94. The topological polar surface area (TPSA) is 145 Å². The van der Waals surface area contributed by atoms with Crippen molar-refractivity contribution in [2.75, 3.05) is 0 Å². The SMILES string of the molecule is CC(C)(C)/[N+](O)=C/c1c(S(=O)(=O)O)nc(S(=O)(=O)O)c2ccccc12. The molecule has 0 radical (unpaired) electrons. The summed E-state index contributed by atoms with van der Waals surface area (Å²) in [5, 5.41) is 8.21. The molecule has 0 spiro atoms. The van der Waals surface area contributed by atoms with E-state index in [9.17, 15) is 31.1 Å². The van der Waals surface area contributed by atoms with Crippen LogP contribution in [0.3, 0.4) is 0 Å². The Labute approximate surface area is 144 Å². The number of fused-ring (bicyclic) bond motifs is 1. The van der Waals surface area contributed by atoms with Crippen molar-refractivity contribution in [1.29, 1.82) is 0 Å². The average Bonchev–Trinajstić information content (AvgIpc) is 2.43. The molecule has 0 bridgehead atoms. The third-order valence-electron chi connectivity index (χ3n) is 3.31. The highest BCUT2D eigenvalue weighted by Gasteiger charge is 2.31. The molecule has 1 aromatic carbocycles. The second-order valence-electron chi connectivity index (χ2n) is 6.28. The lowest BCUT2D eigenvalue weighted by atomic mass is 10.1. The van der Waals surface area contributed by atoms with Crippen molar-refractivity contribution < 1.29 is 35.9 Å². The van der Waals surface area contributed by atoms with Crippen molar-refractivity contribution >= 4 is 37.2 Å². The molecule has 0 aliphatic heterocycles. The van der Waals surface area contributed by atoms with E-state index in [0.717, 1.165) is 6.21 Å². The smallest absolute Gasteiger partial charge is 0.290 e. The number of nitrogens with zero attached hydrogens (tertiary/aromatic N) is 2. The highest BCUT2D eigenvalue weighted by molar-refractivity contribution is 7.86. The van der Waals surface area contributed by atoms with Gasteiger partial charge in [0.1, 0.15) is 0 Å². The van der Waals surface area contributed by atoms with Crippen molar-refractivity contribution in [3.8, 4) is 0 Å². The zero-order valence-electron chi connectivity index (χ0n) is 13.6. The van der Waals surface area contributed by atoms with E-state index in [0.29, 0.717) is 4.74 Å². The number of hydrogen-bond acceptors (Lipinski definition) is 6. The van der Waals surface area contributed by atoms with Crippen LogP contribution in [0, 0.1) is 0 Å². The third kappa shape index (κ3) is 3.95. The molecule has 9 nitrogen and oxygen atoms in total.